The maximum absolute atomic E-state index is 7.67. The van der Waals surface area contributed by atoms with Crippen molar-refractivity contribution in [3.8, 4) is 0 Å². The molecule has 0 saturated heterocycles. The van der Waals surface area contributed by atoms with Crippen molar-refractivity contribution in [2.24, 2.45) is 5.41 Å². The van der Waals surface area contributed by atoms with Gasteiger partial charge in [0.2, 0.25) is 0 Å². The zero-order valence-electron chi connectivity index (χ0n) is 14.2. The Hall–Kier alpha value is -2.13. The summed E-state index contributed by atoms with van der Waals surface area (Å²) in [6.45, 7) is 9.39. The molecule has 1 aromatic rings. The van der Waals surface area contributed by atoms with Crippen LogP contribution in [0.5, 0.6) is 0 Å². The largest absolute Gasteiger partial charge is 0.385 e. The second-order valence-electron chi connectivity index (χ2n) is 6.53. The highest BCUT2D eigenvalue weighted by Crippen LogP contribution is 2.43. The Bertz CT molecular complexity index is 724. The Kier molecular flexibility index (Phi) is 4.22. The lowest BCUT2D eigenvalue weighted by atomic mass is 9.70. The summed E-state index contributed by atoms with van der Waals surface area (Å²) in [5.74, 6) is 0. The van der Waals surface area contributed by atoms with Gasteiger partial charge in [-0.05, 0) is 42.7 Å². The van der Waals surface area contributed by atoms with Gasteiger partial charge in [0, 0.05) is 42.5 Å². The van der Waals surface area contributed by atoms with E-state index in [1.54, 1.807) is 0 Å². The third kappa shape index (κ3) is 2.77. The summed E-state index contributed by atoms with van der Waals surface area (Å²) in [6.07, 6.45) is 8.32. The van der Waals surface area contributed by atoms with Gasteiger partial charge in [-0.25, -0.2) is 0 Å². The lowest BCUT2D eigenvalue weighted by Crippen LogP contribution is -2.39. The Morgan fingerprint density at radius 2 is 2.17 bits per heavy atom. The van der Waals surface area contributed by atoms with Crippen LogP contribution in [0.1, 0.15) is 31.9 Å². The summed E-state index contributed by atoms with van der Waals surface area (Å²) in [5, 5.41) is 14.4. The first-order valence-electron chi connectivity index (χ1n) is 8.29. The Balaban J connectivity index is 2.02. The van der Waals surface area contributed by atoms with Crippen molar-refractivity contribution >= 4 is 17.5 Å². The predicted molar refractivity (Wildman–Crippen MR) is 99.3 cm³/mol. The number of hydrogen-bond acceptors (Lipinski definition) is 3. The SMILES string of the molecule is CCNc1ccc(C2=CC3=CCNC[C@]3(C)C(C)=C2)cc1C=N. The summed E-state index contributed by atoms with van der Waals surface area (Å²) in [7, 11) is 0. The van der Waals surface area contributed by atoms with Gasteiger partial charge in [0.25, 0.3) is 0 Å². The number of anilines is 1. The van der Waals surface area contributed by atoms with Gasteiger partial charge in [0.05, 0.1) is 0 Å². The van der Waals surface area contributed by atoms with E-state index in [0.29, 0.717) is 0 Å². The number of benzene rings is 1. The van der Waals surface area contributed by atoms with Crippen molar-refractivity contribution in [1.29, 1.82) is 5.41 Å². The average Bonchev–Trinajstić information content (AvgIpc) is 2.56. The van der Waals surface area contributed by atoms with Crippen LogP contribution in [0.25, 0.3) is 5.57 Å². The molecule has 3 nitrogen and oxygen atoms in total. The van der Waals surface area contributed by atoms with E-state index in [9.17, 15) is 0 Å². The number of allylic oxidation sites excluding steroid dienone is 3. The third-order valence-corrected chi connectivity index (χ3v) is 5.04. The molecule has 3 N–H and O–H groups in total. The topological polar surface area (TPSA) is 47.9 Å². The summed E-state index contributed by atoms with van der Waals surface area (Å²) in [6, 6.07) is 6.32. The van der Waals surface area contributed by atoms with Gasteiger partial charge >= 0.3 is 0 Å². The van der Waals surface area contributed by atoms with Crippen molar-refractivity contribution in [2.75, 3.05) is 25.0 Å². The summed E-state index contributed by atoms with van der Waals surface area (Å²) in [4.78, 5) is 0. The van der Waals surface area contributed by atoms with Crippen molar-refractivity contribution in [3.63, 3.8) is 0 Å². The Morgan fingerprint density at radius 1 is 1.35 bits per heavy atom. The minimum Gasteiger partial charge on any atom is -0.385 e. The molecular weight excluding hydrogens is 282 g/mol. The van der Waals surface area contributed by atoms with Gasteiger partial charge in [-0.3, -0.25) is 0 Å². The van der Waals surface area contributed by atoms with Gasteiger partial charge in [-0.1, -0.05) is 36.8 Å². The number of hydrogen-bond donors (Lipinski definition) is 3. The molecule has 0 fully saturated rings. The molecule has 23 heavy (non-hydrogen) atoms. The molecule has 1 aliphatic carbocycles. The number of nitrogens with one attached hydrogen (secondary N) is 3. The van der Waals surface area contributed by atoms with E-state index in [1.165, 1.54) is 28.5 Å². The molecule has 0 radical (unpaired) electrons. The first-order valence-corrected chi connectivity index (χ1v) is 8.29. The van der Waals surface area contributed by atoms with E-state index in [-0.39, 0.29) is 5.41 Å². The second-order valence-corrected chi connectivity index (χ2v) is 6.53. The van der Waals surface area contributed by atoms with Crippen LogP contribution in [0.2, 0.25) is 0 Å². The lowest BCUT2D eigenvalue weighted by molar-refractivity contribution is 0.431. The maximum atomic E-state index is 7.67. The van der Waals surface area contributed by atoms with Crippen LogP contribution in [0.3, 0.4) is 0 Å². The lowest BCUT2D eigenvalue weighted by Gasteiger charge is -2.39. The molecule has 0 bridgehead atoms. The van der Waals surface area contributed by atoms with Crippen LogP contribution in [-0.4, -0.2) is 25.8 Å². The van der Waals surface area contributed by atoms with E-state index in [4.69, 9.17) is 5.41 Å². The van der Waals surface area contributed by atoms with E-state index in [1.807, 2.05) is 0 Å². The van der Waals surface area contributed by atoms with Crippen LogP contribution >= 0.6 is 0 Å². The van der Waals surface area contributed by atoms with Gasteiger partial charge in [0.15, 0.2) is 0 Å². The summed E-state index contributed by atoms with van der Waals surface area (Å²) in [5.41, 5.74) is 7.26. The fraction of sp³-hybridized carbons (Fsp3) is 0.350. The molecule has 120 valence electrons. The van der Waals surface area contributed by atoms with Crippen molar-refractivity contribution in [3.05, 3.63) is 58.7 Å². The molecule has 0 unspecified atom stereocenters. The summed E-state index contributed by atoms with van der Waals surface area (Å²) >= 11 is 0. The van der Waals surface area contributed by atoms with Crippen LogP contribution < -0.4 is 10.6 Å². The molecule has 0 spiro atoms. The zero-order chi connectivity index (χ0) is 16.4. The standard InChI is InChI=1S/C20H25N3/c1-4-23-19-6-5-15(10-17(19)12-21)16-9-14(2)20(3)13-22-8-7-18(20)11-16/h5-7,9-12,21-23H,4,8,13H2,1-3H3/t20-/m1/s1. The fourth-order valence-corrected chi connectivity index (χ4v) is 3.40. The minimum atomic E-state index is 0.107. The molecule has 0 amide bonds. The van der Waals surface area contributed by atoms with E-state index in [2.05, 4.69) is 67.8 Å². The fourth-order valence-electron chi connectivity index (χ4n) is 3.40. The second kappa shape index (κ2) is 6.17. The molecule has 1 aliphatic heterocycles. The smallest absolute Gasteiger partial charge is 0.0429 e. The van der Waals surface area contributed by atoms with Crippen molar-refractivity contribution in [1.82, 2.24) is 5.32 Å². The van der Waals surface area contributed by atoms with E-state index in [0.717, 1.165) is 30.9 Å². The highest BCUT2D eigenvalue weighted by molar-refractivity contribution is 5.90. The van der Waals surface area contributed by atoms with Gasteiger partial charge in [-0.15, -0.1) is 0 Å². The molecule has 3 rings (SSSR count). The Labute approximate surface area is 138 Å². The number of rotatable bonds is 4. The van der Waals surface area contributed by atoms with Crippen LogP contribution in [0.4, 0.5) is 5.69 Å². The highest BCUT2D eigenvalue weighted by atomic mass is 14.9. The minimum absolute atomic E-state index is 0.107. The normalized spacial score (nSPS) is 23.3. The molecule has 1 atom stereocenters. The first-order chi connectivity index (χ1) is 11.1. The first kappa shape index (κ1) is 15.8. The summed E-state index contributed by atoms with van der Waals surface area (Å²) < 4.78 is 0. The van der Waals surface area contributed by atoms with Crippen LogP contribution in [0, 0.1) is 10.8 Å². The molecular formula is C20H25N3. The van der Waals surface area contributed by atoms with Crippen molar-refractivity contribution in [2.45, 2.75) is 20.8 Å². The van der Waals surface area contributed by atoms with E-state index < -0.39 is 0 Å². The molecule has 0 aromatic heterocycles. The molecule has 3 heteroatoms. The van der Waals surface area contributed by atoms with Crippen LogP contribution in [0.15, 0.2) is 47.6 Å². The molecule has 1 heterocycles. The maximum Gasteiger partial charge on any atom is 0.0429 e. The average molecular weight is 307 g/mol. The van der Waals surface area contributed by atoms with Gasteiger partial charge in [-0.2, -0.15) is 0 Å². The predicted octanol–water partition coefficient (Wildman–Crippen LogP) is 4.00. The monoisotopic (exact) mass is 307 g/mol. The number of fused-ring (bicyclic) bond motifs is 1. The molecule has 0 saturated carbocycles. The van der Waals surface area contributed by atoms with Crippen molar-refractivity contribution < 1.29 is 0 Å². The molecule has 2 aliphatic rings. The van der Waals surface area contributed by atoms with Gasteiger partial charge < -0.3 is 16.0 Å². The van der Waals surface area contributed by atoms with Crippen LogP contribution in [-0.2, 0) is 0 Å². The third-order valence-electron chi connectivity index (χ3n) is 5.04. The highest BCUT2D eigenvalue weighted by Gasteiger charge is 2.34. The van der Waals surface area contributed by atoms with E-state index >= 15 is 0 Å². The quantitative estimate of drug-likeness (QED) is 0.736. The molecule has 1 aromatic carbocycles. The van der Waals surface area contributed by atoms with Gasteiger partial charge in [0.1, 0.15) is 0 Å². The zero-order valence-corrected chi connectivity index (χ0v) is 14.2. The Morgan fingerprint density at radius 3 is 2.91 bits per heavy atom.